The maximum absolute atomic E-state index is 12.8. The maximum Gasteiger partial charge on any atom is 0.324 e. The van der Waals surface area contributed by atoms with Crippen LogP contribution in [0.4, 0.5) is 0 Å². The van der Waals surface area contributed by atoms with E-state index < -0.39 is 17.4 Å². The summed E-state index contributed by atoms with van der Waals surface area (Å²) in [6, 6.07) is 9.67. The molecule has 1 heterocycles. The molecule has 0 unspecified atom stereocenters. The molecule has 0 spiro atoms. The first-order valence-corrected chi connectivity index (χ1v) is 8.65. The van der Waals surface area contributed by atoms with Crippen molar-refractivity contribution in [3.8, 4) is 0 Å². The molecule has 1 aromatic carbocycles. The number of H-pyrrole nitrogens is 1. The molecule has 2 aromatic rings. The minimum atomic E-state index is -1.45. The normalized spacial score (nSPS) is 11.5. The van der Waals surface area contributed by atoms with Crippen molar-refractivity contribution in [2.24, 2.45) is 5.41 Å². The summed E-state index contributed by atoms with van der Waals surface area (Å²) in [4.78, 5) is 32.4. The Labute approximate surface area is 153 Å². The monoisotopic (exact) mass is 356 g/mol. The van der Waals surface area contributed by atoms with E-state index in [1.807, 2.05) is 36.4 Å². The van der Waals surface area contributed by atoms with Crippen molar-refractivity contribution in [3.63, 3.8) is 0 Å². The van der Waals surface area contributed by atoms with Gasteiger partial charge in [0, 0.05) is 18.3 Å². The number of carbonyl (C=O) groups is 2. The lowest BCUT2D eigenvalue weighted by atomic mass is 9.79. The Kier molecular flexibility index (Phi) is 7.14. The van der Waals surface area contributed by atoms with Crippen molar-refractivity contribution in [1.29, 1.82) is 0 Å². The number of ether oxygens (including phenoxy) is 2. The molecular formula is C20H24N2O4. The number of hydrogen-bond acceptors (Lipinski definition) is 5. The molecule has 0 aliphatic rings. The van der Waals surface area contributed by atoms with E-state index in [0.717, 1.165) is 5.56 Å². The average Bonchev–Trinajstić information content (AvgIpc) is 3.15. The second kappa shape index (κ2) is 9.56. The molecule has 0 aliphatic carbocycles. The first-order chi connectivity index (χ1) is 12.6. The highest BCUT2D eigenvalue weighted by atomic mass is 16.6. The number of benzene rings is 1. The number of nitrogens with zero attached hydrogens (tertiary/aromatic N) is 1. The minimum Gasteiger partial charge on any atom is -0.465 e. The Morgan fingerprint density at radius 2 is 1.77 bits per heavy atom. The second-order valence-electron chi connectivity index (χ2n) is 5.79. The van der Waals surface area contributed by atoms with Crippen LogP contribution in [0.1, 0.15) is 31.5 Å². The lowest BCUT2D eigenvalue weighted by molar-refractivity contribution is -0.172. The SMILES string of the molecule is CCOC(=O)C(C/C=C/c1ccccc1)(Cc1cnc[nH]1)C(=O)OCC. The molecule has 0 amide bonds. The van der Waals surface area contributed by atoms with Gasteiger partial charge in [0.15, 0.2) is 5.41 Å². The van der Waals surface area contributed by atoms with Crippen LogP contribution < -0.4 is 0 Å². The largest absolute Gasteiger partial charge is 0.465 e. The number of imidazole rings is 1. The van der Waals surface area contributed by atoms with Gasteiger partial charge in [-0.1, -0.05) is 42.5 Å². The Bertz CT molecular complexity index is 706. The highest BCUT2D eigenvalue weighted by Gasteiger charge is 2.48. The summed E-state index contributed by atoms with van der Waals surface area (Å²) in [5, 5.41) is 0. The Morgan fingerprint density at radius 1 is 1.12 bits per heavy atom. The molecule has 0 fully saturated rings. The Morgan fingerprint density at radius 3 is 2.31 bits per heavy atom. The smallest absolute Gasteiger partial charge is 0.324 e. The lowest BCUT2D eigenvalue weighted by Crippen LogP contribution is -2.43. The van der Waals surface area contributed by atoms with Gasteiger partial charge in [0.1, 0.15) is 0 Å². The van der Waals surface area contributed by atoms with Crippen molar-refractivity contribution in [2.45, 2.75) is 26.7 Å². The maximum atomic E-state index is 12.8. The topological polar surface area (TPSA) is 81.3 Å². The number of aromatic nitrogens is 2. The van der Waals surface area contributed by atoms with Crippen LogP contribution in [0.25, 0.3) is 6.08 Å². The Hall–Kier alpha value is -2.89. The fourth-order valence-corrected chi connectivity index (χ4v) is 2.67. The molecule has 0 aliphatic heterocycles. The van der Waals surface area contributed by atoms with E-state index in [1.165, 1.54) is 6.33 Å². The van der Waals surface area contributed by atoms with Gasteiger partial charge in [-0.15, -0.1) is 0 Å². The molecule has 0 bridgehead atoms. The van der Waals surface area contributed by atoms with Crippen LogP contribution in [-0.2, 0) is 25.5 Å². The number of nitrogens with one attached hydrogen (secondary N) is 1. The van der Waals surface area contributed by atoms with E-state index in [2.05, 4.69) is 9.97 Å². The van der Waals surface area contributed by atoms with E-state index in [-0.39, 0.29) is 26.1 Å². The quantitative estimate of drug-likeness (QED) is 0.551. The minimum absolute atomic E-state index is 0.129. The van der Waals surface area contributed by atoms with Gasteiger partial charge in [-0.2, -0.15) is 0 Å². The van der Waals surface area contributed by atoms with Gasteiger partial charge >= 0.3 is 11.9 Å². The van der Waals surface area contributed by atoms with Gasteiger partial charge in [0.25, 0.3) is 0 Å². The summed E-state index contributed by atoms with van der Waals surface area (Å²) in [5.74, 6) is -1.18. The molecule has 6 nitrogen and oxygen atoms in total. The number of hydrogen-bond donors (Lipinski definition) is 1. The summed E-state index contributed by atoms with van der Waals surface area (Å²) < 4.78 is 10.4. The van der Waals surface area contributed by atoms with Crippen LogP contribution in [0.2, 0.25) is 0 Å². The summed E-state index contributed by atoms with van der Waals surface area (Å²) in [6.07, 6.45) is 7.08. The van der Waals surface area contributed by atoms with Gasteiger partial charge in [-0.25, -0.2) is 4.98 Å². The molecular weight excluding hydrogens is 332 g/mol. The fraction of sp³-hybridized carbons (Fsp3) is 0.350. The number of esters is 2. The van der Waals surface area contributed by atoms with E-state index >= 15 is 0 Å². The van der Waals surface area contributed by atoms with Crippen LogP contribution in [0.5, 0.6) is 0 Å². The Balaban J connectivity index is 2.34. The van der Waals surface area contributed by atoms with Crippen molar-refractivity contribution < 1.29 is 19.1 Å². The van der Waals surface area contributed by atoms with E-state index in [1.54, 1.807) is 26.1 Å². The molecule has 1 aromatic heterocycles. The lowest BCUT2D eigenvalue weighted by Gasteiger charge is -2.27. The van der Waals surface area contributed by atoms with Crippen LogP contribution in [0, 0.1) is 5.41 Å². The zero-order valence-electron chi connectivity index (χ0n) is 15.1. The molecule has 26 heavy (non-hydrogen) atoms. The van der Waals surface area contributed by atoms with Gasteiger partial charge in [-0.05, 0) is 25.8 Å². The van der Waals surface area contributed by atoms with Gasteiger partial charge in [0.05, 0.1) is 19.5 Å². The number of carbonyl (C=O) groups excluding carboxylic acids is 2. The van der Waals surface area contributed by atoms with Crippen molar-refractivity contribution >= 4 is 18.0 Å². The highest BCUT2D eigenvalue weighted by molar-refractivity contribution is 6.00. The molecule has 0 saturated heterocycles. The molecule has 6 heteroatoms. The summed E-state index contributed by atoms with van der Waals surface area (Å²) >= 11 is 0. The third-order valence-electron chi connectivity index (χ3n) is 3.96. The molecule has 0 saturated carbocycles. The molecule has 138 valence electrons. The van der Waals surface area contributed by atoms with Crippen LogP contribution in [0.15, 0.2) is 48.9 Å². The zero-order valence-corrected chi connectivity index (χ0v) is 15.1. The van der Waals surface area contributed by atoms with E-state index in [9.17, 15) is 9.59 Å². The van der Waals surface area contributed by atoms with Crippen LogP contribution in [-0.4, -0.2) is 35.1 Å². The first-order valence-electron chi connectivity index (χ1n) is 8.65. The fourth-order valence-electron chi connectivity index (χ4n) is 2.67. The van der Waals surface area contributed by atoms with Gasteiger partial charge < -0.3 is 14.5 Å². The van der Waals surface area contributed by atoms with Gasteiger partial charge in [-0.3, -0.25) is 9.59 Å². The highest BCUT2D eigenvalue weighted by Crippen LogP contribution is 2.31. The average molecular weight is 356 g/mol. The number of rotatable bonds is 9. The van der Waals surface area contributed by atoms with Crippen LogP contribution in [0.3, 0.4) is 0 Å². The van der Waals surface area contributed by atoms with E-state index in [0.29, 0.717) is 5.69 Å². The third-order valence-corrected chi connectivity index (χ3v) is 3.96. The number of aromatic amines is 1. The third kappa shape index (κ3) is 4.81. The summed E-state index contributed by atoms with van der Waals surface area (Å²) in [7, 11) is 0. The van der Waals surface area contributed by atoms with Crippen molar-refractivity contribution in [3.05, 3.63) is 60.2 Å². The number of allylic oxidation sites excluding steroid dienone is 1. The summed E-state index contributed by atoms with van der Waals surface area (Å²) in [6.45, 7) is 3.80. The molecule has 0 atom stereocenters. The predicted molar refractivity (Wildman–Crippen MR) is 98.1 cm³/mol. The molecule has 0 radical (unpaired) electrons. The first kappa shape index (κ1) is 19.4. The molecule has 2 rings (SSSR count). The van der Waals surface area contributed by atoms with Crippen molar-refractivity contribution in [2.75, 3.05) is 13.2 Å². The standard InChI is InChI=1S/C20H24N2O4/c1-3-25-18(23)20(19(24)26-4-2,13-17-14-21-15-22-17)12-8-11-16-9-6-5-7-10-16/h5-11,14-15H,3-4,12-13H2,1-2H3,(H,21,22)/b11-8+. The summed E-state index contributed by atoms with van der Waals surface area (Å²) in [5.41, 5.74) is 0.194. The van der Waals surface area contributed by atoms with Crippen LogP contribution >= 0.6 is 0 Å². The van der Waals surface area contributed by atoms with Crippen molar-refractivity contribution in [1.82, 2.24) is 9.97 Å². The molecule has 1 N–H and O–H groups in total. The van der Waals surface area contributed by atoms with Gasteiger partial charge in [0.2, 0.25) is 0 Å². The zero-order chi connectivity index (χ0) is 18.8. The second-order valence-corrected chi connectivity index (χ2v) is 5.79. The predicted octanol–water partition coefficient (Wildman–Crippen LogP) is 3.17. The van der Waals surface area contributed by atoms with E-state index in [4.69, 9.17) is 9.47 Å².